The number of urea groups is 1. The molecule has 1 aromatic rings. The largest absolute Gasteiger partial charge is 0.353 e. The van der Waals surface area contributed by atoms with Crippen molar-refractivity contribution in [2.75, 3.05) is 14.1 Å². The van der Waals surface area contributed by atoms with Crippen molar-refractivity contribution in [1.29, 1.82) is 0 Å². The van der Waals surface area contributed by atoms with Gasteiger partial charge < -0.3 is 9.64 Å². The highest BCUT2D eigenvalue weighted by Gasteiger charge is 2.65. The molecule has 2 heterocycles. The molecule has 0 N–H and O–H groups in total. The van der Waals surface area contributed by atoms with Gasteiger partial charge in [-0.15, -0.1) is 0 Å². The number of hydrogen-bond donors (Lipinski definition) is 0. The Kier molecular flexibility index (Phi) is 2.66. The molecule has 0 saturated carbocycles. The molecule has 3 rings (SSSR count). The van der Waals surface area contributed by atoms with Crippen LogP contribution in [0.25, 0.3) is 0 Å². The van der Waals surface area contributed by atoms with Crippen molar-refractivity contribution in [2.24, 2.45) is 0 Å². The second-order valence-corrected chi connectivity index (χ2v) is 5.76. The van der Waals surface area contributed by atoms with Gasteiger partial charge in [0.25, 0.3) is 5.91 Å². The van der Waals surface area contributed by atoms with E-state index in [0.717, 1.165) is 10.5 Å². The molecular weight excluding hydrogens is 256 g/mol. The first-order valence-electron chi connectivity index (χ1n) is 6.65. The number of amides is 3. The van der Waals surface area contributed by atoms with Crippen molar-refractivity contribution in [2.45, 2.75) is 31.6 Å². The molecule has 3 atom stereocenters. The van der Waals surface area contributed by atoms with Crippen LogP contribution in [0.4, 0.5) is 4.79 Å². The summed E-state index contributed by atoms with van der Waals surface area (Å²) in [5.74, 6) is -0.269. The lowest BCUT2D eigenvalue weighted by Crippen LogP contribution is -2.76. The van der Waals surface area contributed by atoms with Crippen molar-refractivity contribution >= 4 is 11.9 Å². The van der Waals surface area contributed by atoms with E-state index in [9.17, 15) is 9.59 Å². The Labute approximate surface area is 118 Å². The number of imide groups is 1. The molecule has 106 valence electrons. The van der Waals surface area contributed by atoms with Gasteiger partial charge in [0.2, 0.25) is 0 Å². The summed E-state index contributed by atoms with van der Waals surface area (Å²) >= 11 is 0. The molecular formula is C15H18N2O3. The summed E-state index contributed by atoms with van der Waals surface area (Å²) in [6, 6.07) is 7.46. The van der Waals surface area contributed by atoms with Gasteiger partial charge in [-0.2, -0.15) is 0 Å². The molecule has 0 aromatic heterocycles. The number of ether oxygens (including phenoxy) is 1. The summed E-state index contributed by atoms with van der Waals surface area (Å²) in [4.78, 5) is 27.1. The fraction of sp³-hybridized carbons (Fsp3) is 0.467. The smallest absolute Gasteiger partial charge is 0.326 e. The zero-order valence-electron chi connectivity index (χ0n) is 12.1. The maximum absolute atomic E-state index is 12.2. The fourth-order valence-corrected chi connectivity index (χ4v) is 3.15. The Morgan fingerprint density at radius 1 is 1.15 bits per heavy atom. The molecule has 0 radical (unpaired) electrons. The Bertz CT molecular complexity index is 583. The zero-order valence-corrected chi connectivity index (χ0v) is 12.1. The van der Waals surface area contributed by atoms with Crippen LogP contribution in [0, 0.1) is 6.92 Å². The molecule has 2 aliphatic heterocycles. The van der Waals surface area contributed by atoms with Gasteiger partial charge >= 0.3 is 6.03 Å². The van der Waals surface area contributed by atoms with Gasteiger partial charge in [-0.05, 0) is 19.4 Å². The minimum Gasteiger partial charge on any atom is -0.353 e. The second-order valence-electron chi connectivity index (χ2n) is 5.76. The second kappa shape index (κ2) is 4.06. The Morgan fingerprint density at radius 2 is 1.75 bits per heavy atom. The predicted molar refractivity (Wildman–Crippen MR) is 73.1 cm³/mol. The molecule has 2 aliphatic rings. The standard InChI is InChI=1S/C15H18N2O3/c1-9-5-7-10(8-6-9)11-12-15(2,20-11)13(18)17(4)14(19)16(12)3/h5-8,11-12H,1-4H3/t11-,12?,15+/m0/s1. The molecule has 2 fully saturated rings. The van der Waals surface area contributed by atoms with E-state index in [1.54, 1.807) is 18.9 Å². The number of nitrogens with zero attached hydrogens (tertiary/aromatic N) is 2. The van der Waals surface area contributed by atoms with Gasteiger partial charge in [-0.3, -0.25) is 9.69 Å². The van der Waals surface area contributed by atoms with E-state index in [0.29, 0.717) is 0 Å². The average molecular weight is 274 g/mol. The van der Waals surface area contributed by atoms with E-state index in [4.69, 9.17) is 4.74 Å². The molecule has 1 unspecified atom stereocenters. The van der Waals surface area contributed by atoms with Crippen LogP contribution < -0.4 is 0 Å². The monoisotopic (exact) mass is 274 g/mol. The van der Waals surface area contributed by atoms with E-state index >= 15 is 0 Å². The number of carbonyl (C=O) groups is 2. The molecule has 0 spiro atoms. The molecule has 1 aromatic carbocycles. The summed E-state index contributed by atoms with van der Waals surface area (Å²) in [5.41, 5.74) is 1.22. The fourth-order valence-electron chi connectivity index (χ4n) is 3.15. The number of rotatable bonds is 1. The number of fused-ring (bicyclic) bond motifs is 1. The van der Waals surface area contributed by atoms with Crippen molar-refractivity contribution in [3.63, 3.8) is 0 Å². The first kappa shape index (κ1) is 13.1. The average Bonchev–Trinajstić information content (AvgIpc) is 2.41. The lowest BCUT2D eigenvalue weighted by atomic mass is 9.78. The maximum atomic E-state index is 12.2. The highest BCUT2D eigenvalue weighted by atomic mass is 16.6. The van der Waals surface area contributed by atoms with Gasteiger partial charge in [0.05, 0.1) is 0 Å². The Hall–Kier alpha value is -1.88. The number of aryl methyl sites for hydroxylation is 1. The number of benzene rings is 1. The topological polar surface area (TPSA) is 49.9 Å². The quantitative estimate of drug-likeness (QED) is 0.783. The zero-order chi connectivity index (χ0) is 14.7. The number of carbonyl (C=O) groups excluding carboxylic acids is 2. The van der Waals surface area contributed by atoms with Gasteiger partial charge in [0.15, 0.2) is 5.60 Å². The van der Waals surface area contributed by atoms with Crippen molar-refractivity contribution < 1.29 is 14.3 Å². The molecule has 5 nitrogen and oxygen atoms in total. The van der Waals surface area contributed by atoms with Gasteiger partial charge in [-0.1, -0.05) is 29.8 Å². The van der Waals surface area contributed by atoms with Crippen LogP contribution in [-0.4, -0.2) is 47.5 Å². The van der Waals surface area contributed by atoms with Crippen LogP contribution in [0.2, 0.25) is 0 Å². The summed E-state index contributed by atoms with van der Waals surface area (Å²) in [7, 11) is 3.21. The lowest BCUT2D eigenvalue weighted by Gasteiger charge is -2.58. The molecule has 0 aliphatic carbocycles. The number of likely N-dealkylation sites (N-methyl/N-ethyl adjacent to an activating group) is 2. The molecule has 20 heavy (non-hydrogen) atoms. The van der Waals surface area contributed by atoms with Gasteiger partial charge in [0, 0.05) is 14.1 Å². The summed E-state index contributed by atoms with van der Waals surface area (Å²) < 4.78 is 5.87. The third-order valence-electron chi connectivity index (χ3n) is 4.36. The van der Waals surface area contributed by atoms with Crippen molar-refractivity contribution in [3.05, 3.63) is 35.4 Å². The minimum atomic E-state index is -0.938. The molecule has 3 amide bonds. The van der Waals surface area contributed by atoms with Crippen LogP contribution in [0.5, 0.6) is 0 Å². The van der Waals surface area contributed by atoms with Crippen LogP contribution in [0.15, 0.2) is 24.3 Å². The highest BCUT2D eigenvalue weighted by Crippen LogP contribution is 2.49. The first-order chi connectivity index (χ1) is 9.36. The molecule has 2 saturated heterocycles. The lowest BCUT2D eigenvalue weighted by molar-refractivity contribution is -0.255. The molecule has 0 bridgehead atoms. The third-order valence-corrected chi connectivity index (χ3v) is 4.36. The van der Waals surface area contributed by atoms with E-state index in [1.165, 1.54) is 12.6 Å². The minimum absolute atomic E-state index is 0.243. The van der Waals surface area contributed by atoms with Gasteiger partial charge in [-0.25, -0.2) is 4.79 Å². The van der Waals surface area contributed by atoms with E-state index in [2.05, 4.69) is 0 Å². The third kappa shape index (κ3) is 1.53. The van der Waals surface area contributed by atoms with Crippen LogP contribution in [0.1, 0.15) is 24.2 Å². The first-order valence-corrected chi connectivity index (χ1v) is 6.65. The highest BCUT2D eigenvalue weighted by molar-refractivity contribution is 6.02. The van der Waals surface area contributed by atoms with Crippen LogP contribution in [-0.2, 0) is 9.53 Å². The van der Waals surface area contributed by atoms with E-state index < -0.39 is 5.60 Å². The Morgan fingerprint density at radius 3 is 2.35 bits per heavy atom. The number of hydrogen-bond acceptors (Lipinski definition) is 3. The normalized spacial score (nSPS) is 33.0. The van der Waals surface area contributed by atoms with Crippen molar-refractivity contribution in [3.8, 4) is 0 Å². The van der Waals surface area contributed by atoms with Crippen LogP contribution in [0.3, 0.4) is 0 Å². The maximum Gasteiger partial charge on any atom is 0.326 e. The SMILES string of the molecule is Cc1ccc([C@@H]2O[C@@]3(C)C(=O)N(C)C(=O)N(C)C23)cc1. The predicted octanol–water partition coefficient (Wildman–Crippen LogP) is 1.72. The van der Waals surface area contributed by atoms with E-state index in [1.807, 2.05) is 31.2 Å². The van der Waals surface area contributed by atoms with Crippen LogP contribution >= 0.6 is 0 Å². The summed E-state index contributed by atoms with van der Waals surface area (Å²) in [6.07, 6.45) is -0.243. The van der Waals surface area contributed by atoms with Crippen molar-refractivity contribution in [1.82, 2.24) is 9.80 Å². The van der Waals surface area contributed by atoms with E-state index in [-0.39, 0.29) is 24.1 Å². The Balaban J connectivity index is 1.95. The summed E-state index contributed by atoms with van der Waals surface area (Å²) in [6.45, 7) is 3.77. The molecule has 5 heteroatoms. The van der Waals surface area contributed by atoms with Gasteiger partial charge in [0.1, 0.15) is 12.1 Å². The summed E-state index contributed by atoms with van der Waals surface area (Å²) in [5, 5.41) is 0.